The first-order valence-electron chi connectivity index (χ1n) is 9.02. The van der Waals surface area contributed by atoms with E-state index in [2.05, 4.69) is 25.7 Å². The smallest absolute Gasteiger partial charge is 0.405 e. The number of carbonyl (C=O) groups excluding carboxylic acids is 1. The molecule has 0 saturated carbocycles. The average Bonchev–Trinajstić information content (AvgIpc) is 2.67. The van der Waals surface area contributed by atoms with Gasteiger partial charge in [-0.1, -0.05) is 36.4 Å². The van der Waals surface area contributed by atoms with E-state index in [1.54, 1.807) is 19.2 Å². The highest BCUT2D eigenvalue weighted by atomic mass is 127. The number of anilines is 1. The lowest BCUT2D eigenvalue weighted by molar-refractivity contribution is -0.274. The molecule has 3 rings (SSSR count). The summed E-state index contributed by atoms with van der Waals surface area (Å²) in [6.45, 7) is 0.540. The molecule has 2 aromatic carbocycles. The molecule has 1 atom stereocenters. The zero-order chi connectivity index (χ0) is 20.9. The molecular formula is C20H22F3IN4O2. The van der Waals surface area contributed by atoms with Gasteiger partial charge in [-0.3, -0.25) is 9.79 Å². The van der Waals surface area contributed by atoms with E-state index in [1.807, 2.05) is 24.3 Å². The van der Waals surface area contributed by atoms with E-state index in [0.29, 0.717) is 24.5 Å². The van der Waals surface area contributed by atoms with Crippen LogP contribution in [-0.4, -0.2) is 31.8 Å². The molecule has 0 spiro atoms. The van der Waals surface area contributed by atoms with Crippen molar-refractivity contribution in [2.75, 3.05) is 18.9 Å². The first-order chi connectivity index (χ1) is 13.9. The topological polar surface area (TPSA) is 74.8 Å². The molecule has 0 aromatic heterocycles. The molecular weight excluding hydrogens is 512 g/mol. The predicted molar refractivity (Wildman–Crippen MR) is 119 cm³/mol. The zero-order valence-corrected chi connectivity index (χ0v) is 18.5. The van der Waals surface area contributed by atoms with Crippen LogP contribution in [0.15, 0.2) is 53.5 Å². The number of ether oxygens (including phenoxy) is 1. The minimum Gasteiger partial charge on any atom is -0.405 e. The number of rotatable bonds is 5. The Labute approximate surface area is 189 Å². The number of halogens is 4. The normalized spacial score (nSPS) is 16.1. The van der Waals surface area contributed by atoms with E-state index in [-0.39, 0.29) is 48.1 Å². The fourth-order valence-corrected chi connectivity index (χ4v) is 3.18. The van der Waals surface area contributed by atoms with Gasteiger partial charge < -0.3 is 20.7 Å². The third kappa shape index (κ3) is 6.51. The molecule has 1 aliphatic rings. The lowest BCUT2D eigenvalue weighted by Gasteiger charge is -2.26. The Hall–Kier alpha value is -2.50. The second kappa shape index (κ2) is 10.5. The molecule has 2 aromatic rings. The number of fused-ring (bicyclic) bond motifs is 1. The van der Waals surface area contributed by atoms with Crippen LogP contribution in [0.3, 0.4) is 0 Å². The van der Waals surface area contributed by atoms with Gasteiger partial charge in [-0.05, 0) is 17.7 Å². The van der Waals surface area contributed by atoms with Gasteiger partial charge in [0, 0.05) is 43.7 Å². The van der Waals surface area contributed by atoms with Crippen molar-refractivity contribution in [3.8, 4) is 5.75 Å². The molecule has 6 nitrogen and oxygen atoms in total. The quantitative estimate of drug-likeness (QED) is 0.308. The maximum Gasteiger partial charge on any atom is 0.573 e. The van der Waals surface area contributed by atoms with Crippen molar-refractivity contribution in [1.82, 2.24) is 10.6 Å². The summed E-state index contributed by atoms with van der Waals surface area (Å²) in [5.74, 6) is 0.0483. The van der Waals surface area contributed by atoms with Crippen LogP contribution in [0, 0.1) is 0 Å². The van der Waals surface area contributed by atoms with Gasteiger partial charge in [-0.25, -0.2) is 0 Å². The van der Waals surface area contributed by atoms with Gasteiger partial charge in [0.2, 0.25) is 5.91 Å². The Morgan fingerprint density at radius 3 is 2.60 bits per heavy atom. The molecule has 1 amide bonds. The molecule has 0 fully saturated rings. The van der Waals surface area contributed by atoms with E-state index < -0.39 is 6.36 Å². The number of guanidine groups is 1. The number of benzene rings is 2. The maximum absolute atomic E-state index is 12.6. The van der Waals surface area contributed by atoms with E-state index in [9.17, 15) is 18.0 Å². The van der Waals surface area contributed by atoms with E-state index in [4.69, 9.17) is 0 Å². The third-order valence-electron chi connectivity index (χ3n) is 4.49. The molecule has 0 saturated heterocycles. The molecule has 0 aliphatic carbocycles. The molecule has 3 N–H and O–H groups in total. The Morgan fingerprint density at radius 1 is 1.17 bits per heavy atom. The molecule has 1 aliphatic heterocycles. The number of aliphatic imine (C=N–C) groups is 1. The highest BCUT2D eigenvalue weighted by molar-refractivity contribution is 14.0. The lowest BCUT2D eigenvalue weighted by atomic mass is 9.90. The number of hydrogen-bond donors (Lipinski definition) is 3. The molecule has 10 heteroatoms. The van der Waals surface area contributed by atoms with Gasteiger partial charge in [-0.15, -0.1) is 37.1 Å². The predicted octanol–water partition coefficient (Wildman–Crippen LogP) is 3.99. The highest BCUT2D eigenvalue weighted by Gasteiger charge is 2.32. The van der Waals surface area contributed by atoms with Crippen molar-refractivity contribution in [3.05, 3.63) is 59.7 Å². The van der Waals surface area contributed by atoms with Gasteiger partial charge in [0.25, 0.3) is 0 Å². The first-order valence-corrected chi connectivity index (χ1v) is 9.02. The van der Waals surface area contributed by atoms with Crippen LogP contribution >= 0.6 is 24.0 Å². The maximum atomic E-state index is 12.6. The summed E-state index contributed by atoms with van der Waals surface area (Å²) in [6, 6.07) is 13.5. The fraction of sp³-hybridized carbons (Fsp3) is 0.300. The Bertz CT molecular complexity index is 906. The van der Waals surface area contributed by atoms with Gasteiger partial charge in [0.1, 0.15) is 5.75 Å². The van der Waals surface area contributed by atoms with Crippen molar-refractivity contribution in [2.45, 2.75) is 25.2 Å². The second-order valence-corrected chi connectivity index (χ2v) is 6.50. The van der Waals surface area contributed by atoms with E-state index >= 15 is 0 Å². The number of nitrogens with one attached hydrogen (secondary N) is 3. The van der Waals surface area contributed by atoms with Gasteiger partial charge in [0.15, 0.2) is 5.96 Å². The summed E-state index contributed by atoms with van der Waals surface area (Å²) >= 11 is 0. The number of amides is 1. The summed E-state index contributed by atoms with van der Waals surface area (Å²) in [7, 11) is 1.56. The lowest BCUT2D eigenvalue weighted by Crippen LogP contribution is -2.40. The molecule has 1 unspecified atom stereocenters. The highest BCUT2D eigenvalue weighted by Crippen LogP contribution is 2.31. The molecule has 162 valence electrons. The van der Waals surface area contributed by atoms with Crippen molar-refractivity contribution in [3.63, 3.8) is 0 Å². The average molecular weight is 534 g/mol. The summed E-state index contributed by atoms with van der Waals surface area (Å²) in [5.41, 5.74) is 2.16. The number of para-hydroxylation sites is 2. The zero-order valence-electron chi connectivity index (χ0n) is 16.1. The van der Waals surface area contributed by atoms with Gasteiger partial charge in [0.05, 0.1) is 0 Å². The summed E-state index contributed by atoms with van der Waals surface area (Å²) in [5, 5.41) is 8.96. The van der Waals surface area contributed by atoms with Crippen LogP contribution in [0.25, 0.3) is 0 Å². The third-order valence-corrected chi connectivity index (χ3v) is 4.49. The Balaban J connectivity index is 0.00000320. The minimum atomic E-state index is -4.76. The second-order valence-electron chi connectivity index (χ2n) is 6.50. The van der Waals surface area contributed by atoms with Crippen molar-refractivity contribution in [2.24, 2.45) is 4.99 Å². The Kier molecular flexibility index (Phi) is 8.33. The van der Waals surface area contributed by atoms with Crippen molar-refractivity contribution in [1.29, 1.82) is 0 Å². The van der Waals surface area contributed by atoms with Crippen LogP contribution < -0.4 is 20.7 Å². The van der Waals surface area contributed by atoms with Crippen LogP contribution in [0.4, 0.5) is 18.9 Å². The SMILES string of the molecule is CN=C(NCc1ccccc1OC(F)(F)F)NCC1CC(=O)Nc2ccccc21.I. The summed E-state index contributed by atoms with van der Waals surface area (Å²) in [6.07, 6.45) is -4.42. The summed E-state index contributed by atoms with van der Waals surface area (Å²) in [4.78, 5) is 16.0. The molecule has 0 bridgehead atoms. The fourth-order valence-electron chi connectivity index (χ4n) is 3.18. The minimum absolute atomic E-state index is 0. The van der Waals surface area contributed by atoms with Crippen molar-refractivity contribution < 1.29 is 22.7 Å². The first kappa shape index (κ1) is 23.8. The van der Waals surface area contributed by atoms with Crippen molar-refractivity contribution >= 4 is 41.5 Å². The standard InChI is InChI=1S/C20H21F3N4O2.HI/c1-24-19(25-11-13-6-2-5-9-17(13)29-20(21,22)23)26-12-14-10-18(28)27-16-8-4-3-7-15(14)16;/h2-9,14H,10-12H2,1H3,(H,27,28)(H2,24,25,26);1H. The molecule has 0 radical (unpaired) electrons. The van der Waals surface area contributed by atoms with Crippen LogP contribution in [0.5, 0.6) is 5.75 Å². The number of nitrogens with zero attached hydrogens (tertiary/aromatic N) is 1. The number of hydrogen-bond acceptors (Lipinski definition) is 3. The van der Waals surface area contributed by atoms with E-state index in [1.165, 1.54) is 12.1 Å². The molecule has 30 heavy (non-hydrogen) atoms. The number of alkyl halides is 3. The molecule has 1 heterocycles. The van der Waals surface area contributed by atoms with Crippen LogP contribution in [0.1, 0.15) is 23.5 Å². The van der Waals surface area contributed by atoms with Gasteiger partial charge >= 0.3 is 6.36 Å². The van der Waals surface area contributed by atoms with Crippen LogP contribution in [-0.2, 0) is 11.3 Å². The Morgan fingerprint density at radius 2 is 1.87 bits per heavy atom. The van der Waals surface area contributed by atoms with Gasteiger partial charge in [-0.2, -0.15) is 0 Å². The van der Waals surface area contributed by atoms with E-state index in [0.717, 1.165) is 11.3 Å². The number of carbonyl (C=O) groups is 1. The monoisotopic (exact) mass is 534 g/mol. The van der Waals surface area contributed by atoms with Crippen LogP contribution in [0.2, 0.25) is 0 Å². The largest absolute Gasteiger partial charge is 0.573 e. The summed E-state index contributed by atoms with van der Waals surface area (Å²) < 4.78 is 41.7.